The summed E-state index contributed by atoms with van der Waals surface area (Å²) in [5.74, 6) is 0. The molecule has 2 N–H and O–H groups in total. The minimum Gasteiger partial charge on any atom is -0.389 e. The number of hydrogen-bond acceptors (Lipinski definition) is 2. The quantitative estimate of drug-likeness (QED) is 0.782. The van der Waals surface area contributed by atoms with E-state index in [1.54, 1.807) is 0 Å². The van der Waals surface area contributed by atoms with Gasteiger partial charge in [-0.15, -0.1) is 0 Å². The molecule has 0 radical (unpaired) electrons. The lowest BCUT2D eigenvalue weighted by molar-refractivity contribution is 0.00576. The van der Waals surface area contributed by atoms with Gasteiger partial charge in [0, 0.05) is 13.1 Å². The van der Waals surface area contributed by atoms with E-state index in [1.165, 1.54) is 12.0 Å². The molecule has 2 rings (SSSR count). The first kappa shape index (κ1) is 13.3. The Bertz CT molecular complexity index is 366. The van der Waals surface area contributed by atoms with Crippen LogP contribution < -0.4 is 5.32 Å². The fourth-order valence-corrected chi connectivity index (χ4v) is 2.53. The fraction of sp³-hybridized carbons (Fsp3) is 0.500. The molecule has 98 valence electrons. The second-order valence-corrected chi connectivity index (χ2v) is 5.23. The normalized spacial score (nSPS) is 19.2. The van der Waals surface area contributed by atoms with Gasteiger partial charge in [0.15, 0.2) is 0 Å². The molecule has 0 saturated heterocycles. The van der Waals surface area contributed by atoms with Crippen LogP contribution in [0, 0.1) is 0 Å². The van der Waals surface area contributed by atoms with E-state index >= 15 is 0 Å². The maximum absolute atomic E-state index is 10.3. The largest absolute Gasteiger partial charge is 0.389 e. The zero-order chi connectivity index (χ0) is 12.7. The Hall–Kier alpha value is -1.12. The molecule has 0 amide bonds. The molecule has 0 unspecified atom stereocenters. The third-order valence-corrected chi connectivity index (χ3v) is 3.61. The second kappa shape index (κ2) is 6.72. The van der Waals surface area contributed by atoms with E-state index < -0.39 is 5.60 Å². The lowest BCUT2D eigenvalue weighted by Crippen LogP contribution is -2.42. The average Bonchev–Trinajstić information content (AvgIpc) is 2.40. The summed E-state index contributed by atoms with van der Waals surface area (Å²) < 4.78 is 0. The van der Waals surface area contributed by atoms with Gasteiger partial charge in [0.25, 0.3) is 0 Å². The highest BCUT2D eigenvalue weighted by atomic mass is 16.3. The SMILES string of the molecule is OC1(CNCC=Cc2ccccc2)CCCCC1. The molecule has 0 bridgehead atoms. The predicted octanol–water partition coefficient (Wildman–Crippen LogP) is 2.98. The van der Waals surface area contributed by atoms with Crippen molar-refractivity contribution in [1.82, 2.24) is 5.32 Å². The Balaban J connectivity index is 1.68. The highest BCUT2D eigenvalue weighted by Crippen LogP contribution is 2.27. The summed E-state index contributed by atoms with van der Waals surface area (Å²) in [6.45, 7) is 1.53. The average molecular weight is 245 g/mol. The number of benzene rings is 1. The first-order chi connectivity index (χ1) is 8.79. The van der Waals surface area contributed by atoms with Crippen molar-refractivity contribution in [1.29, 1.82) is 0 Å². The molecule has 1 aromatic rings. The van der Waals surface area contributed by atoms with Crippen LogP contribution in [-0.4, -0.2) is 23.8 Å². The zero-order valence-corrected chi connectivity index (χ0v) is 10.9. The van der Waals surface area contributed by atoms with E-state index in [9.17, 15) is 5.11 Å². The standard InChI is InChI=1S/C16H23NO/c18-16(11-5-2-6-12-16)14-17-13-7-10-15-8-3-1-4-9-15/h1,3-4,7-10,17-18H,2,5-6,11-14H2. The third kappa shape index (κ3) is 4.28. The molecular formula is C16H23NO. The molecule has 0 heterocycles. The highest BCUT2D eigenvalue weighted by Gasteiger charge is 2.28. The molecule has 1 aromatic carbocycles. The van der Waals surface area contributed by atoms with E-state index in [2.05, 4.69) is 29.6 Å². The van der Waals surface area contributed by atoms with Crippen LogP contribution in [0.3, 0.4) is 0 Å². The first-order valence-electron chi connectivity index (χ1n) is 6.93. The van der Waals surface area contributed by atoms with Crippen molar-refractivity contribution in [2.75, 3.05) is 13.1 Å². The van der Waals surface area contributed by atoms with Gasteiger partial charge in [-0.25, -0.2) is 0 Å². The van der Waals surface area contributed by atoms with Crippen LogP contribution in [0.5, 0.6) is 0 Å². The Morgan fingerprint density at radius 2 is 1.83 bits per heavy atom. The van der Waals surface area contributed by atoms with Crippen molar-refractivity contribution in [3.8, 4) is 0 Å². The van der Waals surface area contributed by atoms with Crippen molar-refractivity contribution in [2.24, 2.45) is 0 Å². The van der Waals surface area contributed by atoms with Crippen molar-refractivity contribution >= 4 is 6.08 Å². The highest BCUT2D eigenvalue weighted by molar-refractivity contribution is 5.48. The Labute approximate surface area is 110 Å². The number of rotatable bonds is 5. The lowest BCUT2D eigenvalue weighted by atomic mass is 9.85. The molecule has 0 aliphatic heterocycles. The molecular weight excluding hydrogens is 222 g/mol. The summed E-state index contributed by atoms with van der Waals surface area (Å²) in [7, 11) is 0. The topological polar surface area (TPSA) is 32.3 Å². The van der Waals surface area contributed by atoms with Crippen molar-refractivity contribution in [3.63, 3.8) is 0 Å². The van der Waals surface area contributed by atoms with Gasteiger partial charge < -0.3 is 10.4 Å². The van der Waals surface area contributed by atoms with E-state index in [4.69, 9.17) is 0 Å². The molecule has 2 nitrogen and oxygen atoms in total. The van der Waals surface area contributed by atoms with Crippen LogP contribution in [0.1, 0.15) is 37.7 Å². The molecule has 1 aliphatic rings. The Morgan fingerprint density at radius 3 is 2.56 bits per heavy atom. The molecule has 0 spiro atoms. The van der Waals surface area contributed by atoms with Gasteiger partial charge in [-0.05, 0) is 18.4 Å². The molecule has 1 saturated carbocycles. The van der Waals surface area contributed by atoms with E-state index in [1.807, 2.05) is 18.2 Å². The van der Waals surface area contributed by atoms with Crippen LogP contribution >= 0.6 is 0 Å². The Kier molecular flexibility index (Phi) is 4.97. The maximum Gasteiger partial charge on any atom is 0.0771 e. The minimum atomic E-state index is -0.459. The summed E-state index contributed by atoms with van der Waals surface area (Å²) in [5.41, 5.74) is 0.759. The van der Waals surface area contributed by atoms with Gasteiger partial charge in [-0.2, -0.15) is 0 Å². The van der Waals surface area contributed by atoms with Crippen molar-refractivity contribution < 1.29 is 5.11 Å². The minimum absolute atomic E-state index is 0.459. The number of nitrogens with one attached hydrogen (secondary N) is 1. The number of aliphatic hydroxyl groups is 1. The molecule has 1 fully saturated rings. The van der Waals surface area contributed by atoms with E-state index in [0.29, 0.717) is 6.54 Å². The van der Waals surface area contributed by atoms with Crippen molar-refractivity contribution in [2.45, 2.75) is 37.7 Å². The molecule has 2 heteroatoms. The van der Waals surface area contributed by atoms with Crippen LogP contribution in [0.15, 0.2) is 36.4 Å². The Morgan fingerprint density at radius 1 is 1.11 bits per heavy atom. The molecule has 0 aromatic heterocycles. The van der Waals surface area contributed by atoms with Gasteiger partial charge in [-0.1, -0.05) is 61.7 Å². The van der Waals surface area contributed by atoms with Gasteiger partial charge in [0.1, 0.15) is 0 Å². The zero-order valence-electron chi connectivity index (χ0n) is 10.9. The summed E-state index contributed by atoms with van der Waals surface area (Å²) in [6.07, 6.45) is 9.72. The summed E-state index contributed by atoms with van der Waals surface area (Å²) in [4.78, 5) is 0. The van der Waals surface area contributed by atoms with Crippen LogP contribution in [0.4, 0.5) is 0 Å². The van der Waals surface area contributed by atoms with Crippen LogP contribution in [0.2, 0.25) is 0 Å². The summed E-state index contributed by atoms with van der Waals surface area (Å²) in [5, 5.41) is 13.6. The van der Waals surface area contributed by atoms with Crippen LogP contribution in [0.25, 0.3) is 6.08 Å². The predicted molar refractivity (Wildman–Crippen MR) is 76.4 cm³/mol. The monoisotopic (exact) mass is 245 g/mol. The van der Waals surface area contributed by atoms with E-state index in [-0.39, 0.29) is 0 Å². The summed E-state index contributed by atoms with van der Waals surface area (Å²) >= 11 is 0. The van der Waals surface area contributed by atoms with Gasteiger partial charge >= 0.3 is 0 Å². The molecule has 1 aliphatic carbocycles. The molecule has 0 atom stereocenters. The number of hydrogen-bond donors (Lipinski definition) is 2. The maximum atomic E-state index is 10.3. The fourth-order valence-electron chi connectivity index (χ4n) is 2.53. The van der Waals surface area contributed by atoms with Gasteiger partial charge in [0.2, 0.25) is 0 Å². The van der Waals surface area contributed by atoms with Gasteiger partial charge in [-0.3, -0.25) is 0 Å². The van der Waals surface area contributed by atoms with Crippen LogP contribution in [-0.2, 0) is 0 Å². The van der Waals surface area contributed by atoms with Gasteiger partial charge in [0.05, 0.1) is 5.60 Å². The van der Waals surface area contributed by atoms with Crippen molar-refractivity contribution in [3.05, 3.63) is 42.0 Å². The van der Waals surface area contributed by atoms with E-state index in [0.717, 1.165) is 32.2 Å². The summed E-state index contributed by atoms with van der Waals surface area (Å²) in [6, 6.07) is 10.3. The smallest absolute Gasteiger partial charge is 0.0771 e. The molecule has 18 heavy (non-hydrogen) atoms. The lowest BCUT2D eigenvalue weighted by Gasteiger charge is -2.32. The second-order valence-electron chi connectivity index (χ2n) is 5.23. The first-order valence-corrected chi connectivity index (χ1v) is 6.93. The third-order valence-electron chi connectivity index (χ3n) is 3.61.